The number of nitrogens with zero attached hydrogens (tertiary/aromatic N) is 3. The molecule has 0 radical (unpaired) electrons. The highest BCUT2D eigenvalue weighted by Gasteiger charge is 2.34. The molecule has 1 atom stereocenters. The van der Waals surface area contributed by atoms with E-state index in [1.54, 1.807) is 12.1 Å². The predicted octanol–water partition coefficient (Wildman–Crippen LogP) is 2.13. The smallest absolute Gasteiger partial charge is 0.269 e. The Hall–Kier alpha value is -1.60. The first kappa shape index (κ1) is 16.3. The third kappa shape index (κ3) is 3.84. The van der Waals surface area contributed by atoms with Crippen molar-refractivity contribution in [1.29, 1.82) is 0 Å². The second-order valence-electron chi connectivity index (χ2n) is 5.99. The van der Waals surface area contributed by atoms with Crippen molar-refractivity contribution in [3.63, 3.8) is 0 Å². The maximum Gasteiger partial charge on any atom is 0.269 e. The minimum Gasteiger partial charge on any atom is -0.340 e. The summed E-state index contributed by atoms with van der Waals surface area (Å²) in [6.07, 6.45) is 1.95. The SMILES string of the molecule is O=C(C1CCCN1Cc1ccc([N+](=O)[O-])cc1)N1CCSCC1. The molecule has 23 heavy (non-hydrogen) atoms. The molecule has 3 rings (SSSR count). The molecule has 6 nitrogen and oxygen atoms in total. The summed E-state index contributed by atoms with van der Waals surface area (Å²) >= 11 is 1.90. The predicted molar refractivity (Wildman–Crippen MR) is 90.4 cm³/mol. The van der Waals surface area contributed by atoms with E-state index in [4.69, 9.17) is 0 Å². The summed E-state index contributed by atoms with van der Waals surface area (Å²) in [5.74, 6) is 2.31. The lowest BCUT2D eigenvalue weighted by molar-refractivity contribution is -0.384. The van der Waals surface area contributed by atoms with E-state index in [0.717, 1.165) is 49.5 Å². The first-order valence-electron chi connectivity index (χ1n) is 7.99. The second-order valence-corrected chi connectivity index (χ2v) is 7.21. The molecular weight excluding hydrogens is 314 g/mol. The number of carbonyl (C=O) groups excluding carboxylic acids is 1. The number of nitro groups is 1. The monoisotopic (exact) mass is 335 g/mol. The van der Waals surface area contributed by atoms with Crippen LogP contribution in [0.1, 0.15) is 18.4 Å². The number of thioether (sulfide) groups is 1. The summed E-state index contributed by atoms with van der Waals surface area (Å²) in [5.41, 5.74) is 1.12. The fourth-order valence-corrected chi connectivity index (χ4v) is 4.15. The molecule has 0 bridgehead atoms. The van der Waals surface area contributed by atoms with E-state index in [0.29, 0.717) is 6.54 Å². The molecule has 2 aliphatic heterocycles. The van der Waals surface area contributed by atoms with E-state index in [1.165, 1.54) is 12.1 Å². The van der Waals surface area contributed by atoms with Crippen molar-refractivity contribution in [1.82, 2.24) is 9.80 Å². The van der Waals surface area contributed by atoms with Gasteiger partial charge in [0, 0.05) is 43.3 Å². The van der Waals surface area contributed by atoms with E-state index in [2.05, 4.69) is 4.90 Å². The zero-order valence-electron chi connectivity index (χ0n) is 13.0. The largest absolute Gasteiger partial charge is 0.340 e. The van der Waals surface area contributed by atoms with Crippen molar-refractivity contribution < 1.29 is 9.72 Å². The molecule has 2 heterocycles. The average Bonchev–Trinajstić information content (AvgIpc) is 3.03. The molecule has 2 aliphatic rings. The first-order chi connectivity index (χ1) is 11.1. The highest BCUT2D eigenvalue weighted by atomic mass is 32.2. The number of non-ortho nitro benzene ring substituents is 1. The van der Waals surface area contributed by atoms with Gasteiger partial charge >= 0.3 is 0 Å². The van der Waals surface area contributed by atoms with E-state index in [-0.39, 0.29) is 22.6 Å². The topological polar surface area (TPSA) is 66.7 Å². The molecule has 2 saturated heterocycles. The van der Waals surface area contributed by atoms with Crippen LogP contribution in [0.4, 0.5) is 5.69 Å². The molecule has 1 aromatic carbocycles. The van der Waals surface area contributed by atoms with Gasteiger partial charge in [0.1, 0.15) is 0 Å². The van der Waals surface area contributed by atoms with Crippen LogP contribution >= 0.6 is 11.8 Å². The van der Waals surface area contributed by atoms with Gasteiger partial charge in [-0.05, 0) is 24.9 Å². The van der Waals surface area contributed by atoms with E-state index in [9.17, 15) is 14.9 Å². The lowest BCUT2D eigenvalue weighted by atomic mass is 10.1. The van der Waals surface area contributed by atoms with Gasteiger partial charge in [-0.3, -0.25) is 19.8 Å². The van der Waals surface area contributed by atoms with Gasteiger partial charge in [0.05, 0.1) is 11.0 Å². The van der Waals surface area contributed by atoms with Crippen LogP contribution in [0, 0.1) is 10.1 Å². The molecule has 1 aromatic rings. The van der Waals surface area contributed by atoms with Crippen LogP contribution in [0.15, 0.2) is 24.3 Å². The Morgan fingerprint density at radius 1 is 1.22 bits per heavy atom. The van der Waals surface area contributed by atoms with Crippen LogP contribution in [-0.4, -0.2) is 57.8 Å². The summed E-state index contributed by atoms with van der Waals surface area (Å²) in [6, 6.07) is 6.60. The van der Waals surface area contributed by atoms with E-state index < -0.39 is 0 Å². The van der Waals surface area contributed by atoms with E-state index in [1.807, 2.05) is 16.7 Å². The maximum atomic E-state index is 12.7. The minimum absolute atomic E-state index is 0.0340. The van der Waals surface area contributed by atoms with E-state index >= 15 is 0 Å². The van der Waals surface area contributed by atoms with Crippen LogP contribution in [0.2, 0.25) is 0 Å². The second kappa shape index (κ2) is 7.31. The summed E-state index contributed by atoms with van der Waals surface area (Å²) in [6.45, 7) is 3.30. The number of nitro benzene ring substituents is 1. The Bertz CT molecular complexity index is 572. The third-order valence-corrected chi connectivity index (χ3v) is 5.45. The number of likely N-dealkylation sites (tertiary alicyclic amines) is 1. The molecule has 2 fully saturated rings. The van der Waals surface area contributed by atoms with Gasteiger partial charge in [-0.2, -0.15) is 11.8 Å². The minimum atomic E-state index is -0.389. The molecule has 1 amide bonds. The highest BCUT2D eigenvalue weighted by molar-refractivity contribution is 7.99. The maximum absolute atomic E-state index is 12.7. The van der Waals surface area contributed by atoms with Crippen LogP contribution in [0.3, 0.4) is 0 Å². The standard InChI is InChI=1S/C16H21N3O3S/c20-16(17-8-10-23-11-9-17)15-2-1-7-18(15)12-13-3-5-14(6-4-13)19(21)22/h3-6,15H,1-2,7-12H2. The van der Waals surface area contributed by atoms with Gasteiger partial charge in [0.2, 0.25) is 5.91 Å². The normalized spacial score (nSPS) is 22.3. The van der Waals surface area contributed by atoms with Crippen molar-refractivity contribution in [2.24, 2.45) is 0 Å². The van der Waals surface area contributed by atoms with Crippen molar-refractivity contribution in [2.45, 2.75) is 25.4 Å². The van der Waals surface area contributed by atoms with Crippen LogP contribution in [0.5, 0.6) is 0 Å². The van der Waals surface area contributed by atoms with Gasteiger partial charge in [0.25, 0.3) is 5.69 Å². The van der Waals surface area contributed by atoms with Crippen molar-refractivity contribution >= 4 is 23.4 Å². The van der Waals surface area contributed by atoms with Gasteiger partial charge in [-0.15, -0.1) is 0 Å². The molecule has 124 valence electrons. The quantitative estimate of drug-likeness (QED) is 0.623. The van der Waals surface area contributed by atoms with Crippen LogP contribution < -0.4 is 0 Å². The summed E-state index contributed by atoms with van der Waals surface area (Å²) < 4.78 is 0. The molecule has 0 aromatic heterocycles. The molecule has 7 heteroatoms. The van der Waals surface area contributed by atoms with Gasteiger partial charge in [-0.1, -0.05) is 12.1 Å². The molecule has 0 N–H and O–H groups in total. The Kier molecular flexibility index (Phi) is 5.17. The summed E-state index contributed by atoms with van der Waals surface area (Å²) in [5, 5.41) is 10.7. The molecule has 1 unspecified atom stereocenters. The number of hydrogen-bond acceptors (Lipinski definition) is 5. The van der Waals surface area contributed by atoms with Crippen molar-refractivity contribution in [3.8, 4) is 0 Å². The van der Waals surface area contributed by atoms with Gasteiger partial charge in [-0.25, -0.2) is 0 Å². The zero-order chi connectivity index (χ0) is 16.2. The Morgan fingerprint density at radius 3 is 2.57 bits per heavy atom. The van der Waals surface area contributed by atoms with Gasteiger partial charge in [0.15, 0.2) is 0 Å². The van der Waals surface area contributed by atoms with Crippen molar-refractivity contribution in [3.05, 3.63) is 39.9 Å². The number of hydrogen-bond donors (Lipinski definition) is 0. The lowest BCUT2D eigenvalue weighted by Gasteiger charge is -2.32. The highest BCUT2D eigenvalue weighted by Crippen LogP contribution is 2.24. The Labute approximate surface area is 140 Å². The number of rotatable bonds is 4. The number of carbonyl (C=O) groups is 1. The lowest BCUT2D eigenvalue weighted by Crippen LogP contribution is -2.48. The third-order valence-electron chi connectivity index (χ3n) is 4.50. The zero-order valence-corrected chi connectivity index (χ0v) is 13.8. The summed E-state index contributed by atoms with van der Waals surface area (Å²) in [4.78, 5) is 27.3. The average molecular weight is 335 g/mol. The van der Waals surface area contributed by atoms with Crippen LogP contribution in [-0.2, 0) is 11.3 Å². The molecular formula is C16H21N3O3S. The fourth-order valence-electron chi connectivity index (χ4n) is 3.25. The molecule has 0 spiro atoms. The number of benzene rings is 1. The molecule has 0 aliphatic carbocycles. The fraction of sp³-hybridized carbons (Fsp3) is 0.562. The van der Waals surface area contributed by atoms with Gasteiger partial charge < -0.3 is 4.90 Å². The van der Waals surface area contributed by atoms with Crippen LogP contribution in [0.25, 0.3) is 0 Å². The molecule has 0 saturated carbocycles. The van der Waals surface area contributed by atoms with Crippen molar-refractivity contribution in [2.75, 3.05) is 31.1 Å². The summed E-state index contributed by atoms with van der Waals surface area (Å²) in [7, 11) is 0. The Morgan fingerprint density at radius 2 is 1.91 bits per heavy atom. The number of amides is 1. The Balaban J connectivity index is 1.64. The first-order valence-corrected chi connectivity index (χ1v) is 9.14.